The molecule has 5 nitrogen and oxygen atoms in total. The summed E-state index contributed by atoms with van der Waals surface area (Å²) < 4.78 is 35.8. The minimum absolute atomic E-state index is 0.110. The van der Waals surface area contributed by atoms with Crippen LogP contribution >= 0.6 is 0 Å². The highest BCUT2D eigenvalue weighted by Gasteiger charge is 2.16. The van der Waals surface area contributed by atoms with Crippen LogP contribution in [-0.4, -0.2) is 19.6 Å². The highest BCUT2D eigenvalue weighted by molar-refractivity contribution is 7.85. The Morgan fingerprint density at radius 3 is 2.67 bits per heavy atom. The third-order valence-corrected chi connectivity index (χ3v) is 2.56. The first-order valence-electron chi connectivity index (χ1n) is 4.13. The standard InChI is InChI=1S/C9H9NO4S/c1-2-14-8-4-3-7(6-10)9(5-8)15(11,12)13/h3-5H,2H2,1H3,(H,11,12,13). The van der Waals surface area contributed by atoms with E-state index in [4.69, 9.17) is 14.6 Å². The summed E-state index contributed by atoms with van der Waals surface area (Å²) in [5.74, 6) is 0.295. The highest BCUT2D eigenvalue weighted by atomic mass is 32.2. The van der Waals surface area contributed by atoms with E-state index in [1.165, 1.54) is 12.1 Å². The molecule has 0 heterocycles. The number of benzene rings is 1. The van der Waals surface area contributed by atoms with Crippen molar-refractivity contribution in [2.75, 3.05) is 6.61 Å². The largest absolute Gasteiger partial charge is 0.494 e. The Bertz CT molecular complexity index is 501. The summed E-state index contributed by atoms with van der Waals surface area (Å²) >= 11 is 0. The summed E-state index contributed by atoms with van der Waals surface area (Å²) in [6.07, 6.45) is 0. The van der Waals surface area contributed by atoms with Crippen molar-refractivity contribution in [3.05, 3.63) is 23.8 Å². The van der Waals surface area contributed by atoms with Crippen molar-refractivity contribution in [3.63, 3.8) is 0 Å². The monoisotopic (exact) mass is 227 g/mol. The van der Waals surface area contributed by atoms with Gasteiger partial charge in [-0.1, -0.05) is 0 Å². The van der Waals surface area contributed by atoms with E-state index in [1.807, 2.05) is 0 Å². The number of ether oxygens (including phenoxy) is 1. The van der Waals surface area contributed by atoms with Gasteiger partial charge in [0.2, 0.25) is 0 Å². The SMILES string of the molecule is CCOc1ccc(C#N)c(S(=O)(=O)O)c1. The van der Waals surface area contributed by atoms with Crippen molar-refractivity contribution in [2.24, 2.45) is 0 Å². The summed E-state index contributed by atoms with van der Waals surface area (Å²) in [4.78, 5) is -0.434. The van der Waals surface area contributed by atoms with Crippen LogP contribution in [0, 0.1) is 11.3 Å². The van der Waals surface area contributed by atoms with Gasteiger partial charge in [0.1, 0.15) is 16.7 Å². The highest BCUT2D eigenvalue weighted by Crippen LogP contribution is 2.21. The fourth-order valence-electron chi connectivity index (χ4n) is 1.06. The zero-order chi connectivity index (χ0) is 11.5. The number of nitrogens with zero attached hydrogens (tertiary/aromatic N) is 1. The van der Waals surface area contributed by atoms with Gasteiger partial charge in [-0.25, -0.2) is 0 Å². The summed E-state index contributed by atoms with van der Waals surface area (Å²) in [6, 6.07) is 5.55. The molecule has 80 valence electrons. The van der Waals surface area contributed by atoms with E-state index in [9.17, 15) is 8.42 Å². The predicted molar refractivity (Wildman–Crippen MR) is 52.1 cm³/mol. The van der Waals surface area contributed by atoms with Gasteiger partial charge in [0, 0.05) is 6.07 Å². The molecule has 0 spiro atoms. The van der Waals surface area contributed by atoms with Crippen LogP contribution < -0.4 is 4.74 Å². The Hall–Kier alpha value is -1.58. The van der Waals surface area contributed by atoms with E-state index in [0.717, 1.165) is 6.07 Å². The van der Waals surface area contributed by atoms with Gasteiger partial charge in [0.25, 0.3) is 10.1 Å². The normalized spacial score (nSPS) is 10.7. The topological polar surface area (TPSA) is 87.4 Å². The molecule has 1 aromatic carbocycles. The Labute approximate surface area is 87.7 Å². The molecule has 15 heavy (non-hydrogen) atoms. The molecule has 0 aromatic heterocycles. The minimum atomic E-state index is -4.39. The molecule has 0 saturated carbocycles. The maximum atomic E-state index is 10.9. The van der Waals surface area contributed by atoms with Crippen LogP contribution in [0.25, 0.3) is 0 Å². The molecule has 0 bridgehead atoms. The van der Waals surface area contributed by atoms with Crippen LogP contribution in [-0.2, 0) is 10.1 Å². The molecule has 1 N–H and O–H groups in total. The second-order valence-electron chi connectivity index (χ2n) is 2.68. The first kappa shape index (κ1) is 11.5. The van der Waals surface area contributed by atoms with Gasteiger partial charge in [0.05, 0.1) is 12.2 Å². The van der Waals surface area contributed by atoms with E-state index in [2.05, 4.69) is 0 Å². The van der Waals surface area contributed by atoms with Gasteiger partial charge in [0.15, 0.2) is 0 Å². The summed E-state index contributed by atoms with van der Waals surface area (Å²) in [7, 11) is -4.39. The zero-order valence-corrected chi connectivity index (χ0v) is 8.78. The molecule has 0 aliphatic carbocycles. The van der Waals surface area contributed by atoms with Crippen molar-refractivity contribution in [1.29, 1.82) is 5.26 Å². The Kier molecular flexibility index (Phi) is 3.29. The first-order chi connectivity index (χ1) is 6.99. The number of hydrogen-bond donors (Lipinski definition) is 1. The van der Waals surface area contributed by atoms with Crippen molar-refractivity contribution < 1.29 is 17.7 Å². The Morgan fingerprint density at radius 2 is 2.20 bits per heavy atom. The van der Waals surface area contributed by atoms with Crippen LogP contribution in [0.15, 0.2) is 23.1 Å². The number of nitriles is 1. The van der Waals surface area contributed by atoms with Crippen LogP contribution in [0.4, 0.5) is 0 Å². The summed E-state index contributed by atoms with van der Waals surface area (Å²) in [5, 5.41) is 8.64. The molecular formula is C9H9NO4S. The molecule has 1 rings (SSSR count). The average Bonchev–Trinajstić information content (AvgIpc) is 2.17. The molecule has 0 atom stereocenters. The molecule has 0 aliphatic heterocycles. The van der Waals surface area contributed by atoms with Gasteiger partial charge >= 0.3 is 0 Å². The lowest BCUT2D eigenvalue weighted by atomic mass is 10.2. The summed E-state index contributed by atoms with van der Waals surface area (Å²) in [5.41, 5.74) is -0.110. The molecule has 0 fully saturated rings. The zero-order valence-electron chi connectivity index (χ0n) is 7.97. The number of rotatable bonds is 3. The Morgan fingerprint density at radius 1 is 1.53 bits per heavy atom. The second-order valence-corrected chi connectivity index (χ2v) is 4.07. The third-order valence-electron chi connectivity index (χ3n) is 1.66. The van der Waals surface area contributed by atoms with E-state index in [1.54, 1.807) is 13.0 Å². The quantitative estimate of drug-likeness (QED) is 0.784. The Balaban J connectivity index is 3.34. The maximum Gasteiger partial charge on any atom is 0.295 e. The molecule has 0 unspecified atom stereocenters. The van der Waals surface area contributed by atoms with E-state index in [0.29, 0.717) is 12.4 Å². The number of hydrogen-bond acceptors (Lipinski definition) is 4. The fourth-order valence-corrected chi connectivity index (χ4v) is 1.72. The van der Waals surface area contributed by atoms with Crippen LogP contribution in [0.2, 0.25) is 0 Å². The minimum Gasteiger partial charge on any atom is -0.494 e. The molecular weight excluding hydrogens is 218 g/mol. The van der Waals surface area contributed by atoms with Crippen LogP contribution in [0.5, 0.6) is 5.75 Å². The molecule has 0 saturated heterocycles. The molecule has 1 aromatic rings. The van der Waals surface area contributed by atoms with Crippen molar-refractivity contribution in [2.45, 2.75) is 11.8 Å². The van der Waals surface area contributed by atoms with Gasteiger partial charge in [-0.05, 0) is 19.1 Å². The van der Waals surface area contributed by atoms with Gasteiger partial charge < -0.3 is 4.74 Å². The lowest BCUT2D eigenvalue weighted by molar-refractivity contribution is 0.339. The van der Waals surface area contributed by atoms with Crippen LogP contribution in [0.1, 0.15) is 12.5 Å². The average molecular weight is 227 g/mol. The van der Waals surface area contributed by atoms with E-state index < -0.39 is 15.0 Å². The van der Waals surface area contributed by atoms with Crippen molar-refractivity contribution in [1.82, 2.24) is 0 Å². The lowest BCUT2D eigenvalue weighted by Crippen LogP contribution is -2.02. The first-order valence-corrected chi connectivity index (χ1v) is 5.57. The van der Waals surface area contributed by atoms with Gasteiger partial charge in [-0.3, -0.25) is 4.55 Å². The molecule has 0 aliphatic rings. The molecule has 6 heteroatoms. The summed E-state index contributed by atoms with van der Waals surface area (Å²) in [6.45, 7) is 2.11. The molecule has 0 radical (unpaired) electrons. The van der Waals surface area contributed by atoms with E-state index in [-0.39, 0.29) is 5.56 Å². The van der Waals surface area contributed by atoms with Crippen LogP contribution in [0.3, 0.4) is 0 Å². The fraction of sp³-hybridized carbons (Fsp3) is 0.222. The van der Waals surface area contributed by atoms with Gasteiger partial charge in [-0.2, -0.15) is 13.7 Å². The van der Waals surface area contributed by atoms with Crippen molar-refractivity contribution >= 4 is 10.1 Å². The second kappa shape index (κ2) is 4.29. The van der Waals surface area contributed by atoms with E-state index >= 15 is 0 Å². The maximum absolute atomic E-state index is 10.9. The van der Waals surface area contributed by atoms with Gasteiger partial charge in [-0.15, -0.1) is 0 Å². The molecule has 0 amide bonds. The third kappa shape index (κ3) is 2.68. The predicted octanol–water partition coefficient (Wildman–Crippen LogP) is 1.20. The smallest absolute Gasteiger partial charge is 0.295 e. The van der Waals surface area contributed by atoms with Crippen molar-refractivity contribution in [3.8, 4) is 11.8 Å². The lowest BCUT2D eigenvalue weighted by Gasteiger charge is -2.05.